The Morgan fingerprint density at radius 2 is 1.92 bits per heavy atom. The van der Waals surface area contributed by atoms with Gasteiger partial charge in [0.1, 0.15) is 6.54 Å². The Kier molecular flexibility index (Phi) is 5.58. The molecule has 0 fully saturated rings. The molecule has 0 aliphatic rings. The number of nitrogens with zero attached hydrogens (tertiary/aromatic N) is 1. The minimum atomic E-state index is -0.187. The Balaban J connectivity index is 1.83. The second-order valence-corrected chi connectivity index (χ2v) is 6.44. The van der Waals surface area contributed by atoms with Gasteiger partial charge in [0.2, 0.25) is 5.91 Å². The first-order valence-corrected chi connectivity index (χ1v) is 8.87. The lowest BCUT2D eigenvalue weighted by Gasteiger charge is -2.07. The fourth-order valence-electron chi connectivity index (χ4n) is 2.81. The summed E-state index contributed by atoms with van der Waals surface area (Å²) in [4.78, 5) is 24.8. The highest BCUT2D eigenvalue weighted by atomic mass is 35.5. The molecule has 5 nitrogen and oxygen atoms in total. The third-order valence-electron chi connectivity index (χ3n) is 3.99. The van der Waals surface area contributed by atoms with Gasteiger partial charge in [0.15, 0.2) is 0 Å². The molecule has 0 saturated carbocycles. The minimum absolute atomic E-state index is 0.105. The molecule has 2 N–H and O–H groups in total. The van der Waals surface area contributed by atoms with E-state index in [-0.39, 0.29) is 18.4 Å². The van der Waals surface area contributed by atoms with E-state index in [1.807, 2.05) is 31.2 Å². The molecule has 0 bridgehead atoms. The molecule has 2 amide bonds. The van der Waals surface area contributed by atoms with E-state index < -0.39 is 0 Å². The van der Waals surface area contributed by atoms with Crippen molar-refractivity contribution < 1.29 is 9.59 Å². The predicted molar refractivity (Wildman–Crippen MR) is 105 cm³/mol. The van der Waals surface area contributed by atoms with Crippen molar-refractivity contribution >= 4 is 40.0 Å². The van der Waals surface area contributed by atoms with Crippen molar-refractivity contribution in [2.75, 3.05) is 11.9 Å². The quantitative estimate of drug-likeness (QED) is 0.687. The second kappa shape index (κ2) is 8.06. The zero-order valence-electron chi connectivity index (χ0n) is 14.5. The van der Waals surface area contributed by atoms with Crippen LogP contribution in [0.2, 0.25) is 5.02 Å². The molecule has 0 radical (unpaired) electrons. The van der Waals surface area contributed by atoms with Gasteiger partial charge in [-0.3, -0.25) is 9.59 Å². The van der Waals surface area contributed by atoms with Crippen LogP contribution >= 0.6 is 11.6 Å². The number of rotatable bonds is 6. The maximum atomic E-state index is 12.4. The van der Waals surface area contributed by atoms with Gasteiger partial charge in [0, 0.05) is 34.4 Å². The summed E-state index contributed by atoms with van der Waals surface area (Å²) in [6, 6.07) is 14.6. The average molecular weight is 370 g/mol. The lowest BCUT2D eigenvalue weighted by molar-refractivity contribution is -0.116. The lowest BCUT2D eigenvalue weighted by Crippen LogP contribution is -2.24. The summed E-state index contributed by atoms with van der Waals surface area (Å²) in [7, 11) is 0. The summed E-state index contributed by atoms with van der Waals surface area (Å²) in [5.41, 5.74) is 2.06. The maximum absolute atomic E-state index is 12.4. The fraction of sp³-hybridized carbons (Fsp3) is 0.200. The van der Waals surface area contributed by atoms with Gasteiger partial charge >= 0.3 is 0 Å². The first kappa shape index (κ1) is 18.0. The van der Waals surface area contributed by atoms with Crippen LogP contribution in [0.25, 0.3) is 10.9 Å². The first-order chi connectivity index (χ1) is 12.6. The third-order valence-corrected chi connectivity index (χ3v) is 4.23. The summed E-state index contributed by atoms with van der Waals surface area (Å²) in [6.45, 7) is 2.73. The molecule has 6 heteroatoms. The number of carbonyl (C=O) groups excluding carboxylic acids is 2. The van der Waals surface area contributed by atoms with E-state index in [0.29, 0.717) is 22.8 Å². The van der Waals surface area contributed by atoms with Crippen LogP contribution in [-0.2, 0) is 11.3 Å². The Morgan fingerprint density at radius 3 is 2.69 bits per heavy atom. The number of benzene rings is 2. The number of anilines is 1. The number of fused-ring (bicyclic) bond motifs is 1. The number of nitrogens with one attached hydrogen (secondary N) is 2. The molecule has 1 heterocycles. The highest BCUT2D eigenvalue weighted by Crippen LogP contribution is 2.22. The van der Waals surface area contributed by atoms with E-state index in [9.17, 15) is 9.59 Å². The first-order valence-electron chi connectivity index (χ1n) is 8.50. The van der Waals surface area contributed by atoms with Crippen LogP contribution < -0.4 is 10.6 Å². The van der Waals surface area contributed by atoms with Crippen LogP contribution in [0.5, 0.6) is 0 Å². The number of aromatic nitrogens is 1. The average Bonchev–Trinajstić information content (AvgIpc) is 2.98. The SMILES string of the molecule is CCCNC(=O)c1cn(CC(=O)Nc2cccc(Cl)c2)c2ccccc12. The molecule has 3 rings (SSSR count). The standard InChI is InChI=1S/C20H20ClN3O2/c1-2-10-22-20(26)17-12-24(18-9-4-3-8-16(17)18)13-19(25)23-15-7-5-6-14(21)11-15/h3-9,11-12H,2,10,13H2,1H3,(H,22,26)(H,23,25). The van der Waals surface area contributed by atoms with Crippen LogP contribution in [-0.4, -0.2) is 22.9 Å². The molecule has 1 aromatic heterocycles. The summed E-state index contributed by atoms with van der Waals surface area (Å²) < 4.78 is 1.79. The Hall–Kier alpha value is -2.79. The fourth-order valence-corrected chi connectivity index (χ4v) is 3.00. The molecule has 2 aromatic carbocycles. The molecule has 0 aliphatic carbocycles. The molecule has 0 unspecified atom stereocenters. The Bertz CT molecular complexity index is 949. The molecule has 0 spiro atoms. The van der Waals surface area contributed by atoms with Crippen molar-refractivity contribution in [1.29, 1.82) is 0 Å². The normalized spacial score (nSPS) is 10.7. The van der Waals surface area contributed by atoms with E-state index in [1.165, 1.54) is 0 Å². The number of halogens is 1. The Labute approximate surface area is 157 Å². The molecular weight excluding hydrogens is 350 g/mol. The summed E-state index contributed by atoms with van der Waals surface area (Å²) in [5.74, 6) is -0.314. The molecule has 26 heavy (non-hydrogen) atoms. The monoisotopic (exact) mass is 369 g/mol. The van der Waals surface area contributed by atoms with Crippen molar-refractivity contribution in [3.63, 3.8) is 0 Å². The minimum Gasteiger partial charge on any atom is -0.352 e. The van der Waals surface area contributed by atoms with E-state index in [2.05, 4.69) is 10.6 Å². The second-order valence-electron chi connectivity index (χ2n) is 6.00. The van der Waals surface area contributed by atoms with Gasteiger partial charge in [0.25, 0.3) is 5.91 Å². The Morgan fingerprint density at radius 1 is 1.12 bits per heavy atom. The molecule has 134 valence electrons. The predicted octanol–water partition coefficient (Wildman–Crippen LogP) is 4.07. The molecule has 0 saturated heterocycles. The number of amides is 2. The molecule has 3 aromatic rings. The van der Waals surface area contributed by atoms with Gasteiger partial charge in [-0.05, 0) is 30.7 Å². The highest BCUT2D eigenvalue weighted by Gasteiger charge is 2.16. The smallest absolute Gasteiger partial charge is 0.253 e. The number of hydrogen-bond acceptors (Lipinski definition) is 2. The lowest BCUT2D eigenvalue weighted by atomic mass is 10.1. The molecule has 0 atom stereocenters. The largest absolute Gasteiger partial charge is 0.352 e. The van der Waals surface area contributed by atoms with Crippen LogP contribution in [0.3, 0.4) is 0 Å². The van der Waals surface area contributed by atoms with E-state index in [4.69, 9.17) is 11.6 Å². The van der Waals surface area contributed by atoms with Crippen molar-refractivity contribution in [2.24, 2.45) is 0 Å². The van der Waals surface area contributed by atoms with Crippen LogP contribution in [0, 0.1) is 0 Å². The third kappa shape index (κ3) is 4.06. The van der Waals surface area contributed by atoms with Gasteiger partial charge in [0.05, 0.1) is 5.56 Å². The summed E-state index contributed by atoms with van der Waals surface area (Å²) in [6.07, 6.45) is 2.60. The van der Waals surface area contributed by atoms with Crippen LogP contribution in [0.1, 0.15) is 23.7 Å². The van der Waals surface area contributed by atoms with Gasteiger partial charge < -0.3 is 15.2 Å². The van der Waals surface area contributed by atoms with E-state index in [1.54, 1.807) is 35.0 Å². The van der Waals surface area contributed by atoms with Crippen LogP contribution in [0.4, 0.5) is 5.69 Å². The topological polar surface area (TPSA) is 63.1 Å². The number of carbonyl (C=O) groups is 2. The maximum Gasteiger partial charge on any atom is 0.253 e. The van der Waals surface area contributed by atoms with E-state index >= 15 is 0 Å². The molecule has 0 aliphatic heterocycles. The van der Waals surface area contributed by atoms with Crippen molar-refractivity contribution in [1.82, 2.24) is 9.88 Å². The van der Waals surface area contributed by atoms with E-state index in [0.717, 1.165) is 17.3 Å². The number of hydrogen-bond donors (Lipinski definition) is 2. The summed E-state index contributed by atoms with van der Waals surface area (Å²) in [5, 5.41) is 7.10. The molecular formula is C20H20ClN3O2. The van der Waals surface area contributed by atoms with Crippen molar-refractivity contribution in [3.05, 3.63) is 65.3 Å². The van der Waals surface area contributed by atoms with Gasteiger partial charge in [-0.25, -0.2) is 0 Å². The van der Waals surface area contributed by atoms with Crippen molar-refractivity contribution in [2.45, 2.75) is 19.9 Å². The van der Waals surface area contributed by atoms with Crippen molar-refractivity contribution in [3.8, 4) is 0 Å². The zero-order chi connectivity index (χ0) is 18.5. The number of para-hydroxylation sites is 1. The highest BCUT2D eigenvalue weighted by molar-refractivity contribution is 6.30. The summed E-state index contributed by atoms with van der Waals surface area (Å²) >= 11 is 5.95. The van der Waals surface area contributed by atoms with Crippen LogP contribution in [0.15, 0.2) is 54.7 Å². The van der Waals surface area contributed by atoms with Gasteiger partial charge in [-0.1, -0.05) is 42.8 Å². The van der Waals surface area contributed by atoms with Gasteiger partial charge in [-0.2, -0.15) is 0 Å². The zero-order valence-corrected chi connectivity index (χ0v) is 15.2. The van der Waals surface area contributed by atoms with Gasteiger partial charge in [-0.15, -0.1) is 0 Å².